The number of hydrazine groups is 1. The minimum atomic E-state index is -0.931. The maximum absolute atomic E-state index is 12.6. The average molecular weight is 391 g/mol. The molecule has 3 N–H and O–H groups in total. The second-order valence-electron chi connectivity index (χ2n) is 6.74. The topological polar surface area (TPSA) is 143 Å². The molecule has 2 aliphatic rings. The van der Waals surface area contributed by atoms with Crippen LogP contribution in [0.5, 0.6) is 5.75 Å². The number of nitro benzene ring substituents is 1. The number of hydrogen-bond donors (Lipinski definition) is 3. The molecule has 0 bridgehead atoms. The van der Waals surface area contributed by atoms with Crippen molar-refractivity contribution in [1.82, 2.24) is 15.8 Å². The van der Waals surface area contributed by atoms with Gasteiger partial charge in [0.15, 0.2) is 0 Å². The summed E-state index contributed by atoms with van der Waals surface area (Å²) in [5.74, 6) is -0.794. The fraction of sp³-hybridized carbons (Fsp3) is 0.471. The van der Waals surface area contributed by atoms with E-state index in [1.165, 1.54) is 25.3 Å². The average Bonchev–Trinajstić information content (AvgIpc) is 2.90. The summed E-state index contributed by atoms with van der Waals surface area (Å²) in [6.45, 7) is -0.318. The zero-order chi connectivity index (χ0) is 20.3. The van der Waals surface area contributed by atoms with Crippen LogP contribution in [-0.2, 0) is 9.59 Å². The third kappa shape index (κ3) is 3.68. The van der Waals surface area contributed by atoms with Crippen LogP contribution in [-0.4, -0.2) is 47.0 Å². The zero-order valence-electron chi connectivity index (χ0n) is 15.3. The molecule has 1 aromatic rings. The van der Waals surface area contributed by atoms with Crippen LogP contribution in [0.4, 0.5) is 16.2 Å². The summed E-state index contributed by atoms with van der Waals surface area (Å²) in [7, 11) is 1.39. The third-order valence-corrected chi connectivity index (χ3v) is 4.94. The van der Waals surface area contributed by atoms with Gasteiger partial charge in [-0.2, -0.15) is 5.01 Å². The summed E-state index contributed by atoms with van der Waals surface area (Å²) in [6.07, 6.45) is 3.77. The van der Waals surface area contributed by atoms with E-state index in [-0.39, 0.29) is 17.9 Å². The molecule has 1 aromatic carbocycles. The molecule has 28 heavy (non-hydrogen) atoms. The van der Waals surface area contributed by atoms with Crippen LogP contribution in [0.15, 0.2) is 18.2 Å². The van der Waals surface area contributed by atoms with E-state index in [4.69, 9.17) is 4.74 Å². The SMILES string of the molecule is COc1ccc([N+](=O)[O-])cc1NCC(=O)NN1C(=O)NC2(CCCCC2)C1=O. The van der Waals surface area contributed by atoms with Gasteiger partial charge in [0.2, 0.25) is 0 Å². The van der Waals surface area contributed by atoms with Gasteiger partial charge in [-0.05, 0) is 18.9 Å². The van der Waals surface area contributed by atoms with Crippen LogP contribution in [0.2, 0.25) is 0 Å². The molecule has 0 radical (unpaired) electrons. The van der Waals surface area contributed by atoms with Crippen LogP contribution in [0.3, 0.4) is 0 Å². The van der Waals surface area contributed by atoms with Crippen molar-refractivity contribution in [2.24, 2.45) is 0 Å². The third-order valence-electron chi connectivity index (χ3n) is 4.94. The highest BCUT2D eigenvalue weighted by Gasteiger charge is 2.52. The van der Waals surface area contributed by atoms with E-state index in [0.29, 0.717) is 23.6 Å². The summed E-state index contributed by atoms with van der Waals surface area (Å²) in [4.78, 5) is 47.4. The number of amides is 4. The number of carbonyl (C=O) groups is 3. The number of ether oxygens (including phenoxy) is 1. The summed E-state index contributed by atoms with van der Waals surface area (Å²) in [5.41, 5.74) is 1.43. The Morgan fingerprint density at radius 2 is 2.04 bits per heavy atom. The minimum absolute atomic E-state index is 0.169. The number of non-ortho nitro benzene ring substituents is 1. The molecule has 11 heteroatoms. The largest absolute Gasteiger partial charge is 0.495 e. The molecule has 150 valence electrons. The molecule has 1 spiro atoms. The van der Waals surface area contributed by atoms with Gasteiger partial charge in [0.25, 0.3) is 17.5 Å². The number of hydrogen-bond acceptors (Lipinski definition) is 7. The van der Waals surface area contributed by atoms with Crippen LogP contribution < -0.4 is 20.8 Å². The molecule has 0 atom stereocenters. The van der Waals surface area contributed by atoms with Crippen LogP contribution >= 0.6 is 0 Å². The number of urea groups is 1. The van der Waals surface area contributed by atoms with Crippen LogP contribution in [0.25, 0.3) is 0 Å². The minimum Gasteiger partial charge on any atom is -0.495 e. The first-order valence-corrected chi connectivity index (χ1v) is 8.89. The Morgan fingerprint density at radius 1 is 1.32 bits per heavy atom. The molecule has 2 fully saturated rings. The molecule has 1 aliphatic heterocycles. The van der Waals surface area contributed by atoms with Crippen molar-refractivity contribution in [2.75, 3.05) is 19.0 Å². The van der Waals surface area contributed by atoms with Crippen molar-refractivity contribution in [2.45, 2.75) is 37.6 Å². The number of rotatable bonds is 6. The summed E-state index contributed by atoms with van der Waals surface area (Å²) < 4.78 is 5.11. The second-order valence-corrected chi connectivity index (χ2v) is 6.74. The number of imide groups is 1. The summed E-state index contributed by atoms with van der Waals surface area (Å²) in [6, 6.07) is 3.26. The van der Waals surface area contributed by atoms with Crippen molar-refractivity contribution < 1.29 is 24.0 Å². The lowest BCUT2D eigenvalue weighted by molar-refractivity contribution is -0.384. The molecule has 0 aromatic heterocycles. The number of carbonyl (C=O) groups excluding carboxylic acids is 3. The summed E-state index contributed by atoms with van der Waals surface area (Å²) >= 11 is 0. The first-order chi connectivity index (χ1) is 13.4. The molecule has 1 saturated heterocycles. The van der Waals surface area contributed by atoms with Gasteiger partial charge in [-0.25, -0.2) is 4.79 Å². The lowest BCUT2D eigenvalue weighted by Crippen LogP contribution is -2.51. The van der Waals surface area contributed by atoms with E-state index in [9.17, 15) is 24.5 Å². The zero-order valence-corrected chi connectivity index (χ0v) is 15.3. The van der Waals surface area contributed by atoms with Gasteiger partial charge in [-0.1, -0.05) is 19.3 Å². The fourth-order valence-electron chi connectivity index (χ4n) is 3.50. The van der Waals surface area contributed by atoms with E-state index in [1.807, 2.05) is 0 Å². The molecular weight excluding hydrogens is 370 g/mol. The fourth-order valence-corrected chi connectivity index (χ4v) is 3.50. The van der Waals surface area contributed by atoms with Crippen LogP contribution in [0, 0.1) is 10.1 Å². The van der Waals surface area contributed by atoms with Gasteiger partial charge in [-0.3, -0.25) is 25.1 Å². The second kappa shape index (κ2) is 7.71. The predicted octanol–water partition coefficient (Wildman–Crippen LogP) is 1.30. The number of nitro groups is 1. The quantitative estimate of drug-likeness (QED) is 0.377. The van der Waals surface area contributed by atoms with E-state index in [0.717, 1.165) is 19.3 Å². The number of nitrogens with zero attached hydrogens (tertiary/aromatic N) is 2. The Balaban J connectivity index is 1.63. The molecule has 11 nitrogen and oxygen atoms in total. The van der Waals surface area contributed by atoms with Crippen molar-refractivity contribution in [3.63, 3.8) is 0 Å². The number of methoxy groups -OCH3 is 1. The Labute approximate surface area is 160 Å². The highest BCUT2D eigenvalue weighted by molar-refractivity contribution is 6.08. The Hall–Kier alpha value is -3.37. The number of nitrogens with one attached hydrogen (secondary N) is 3. The molecular formula is C17H21N5O6. The highest BCUT2D eigenvalue weighted by Crippen LogP contribution is 2.33. The summed E-state index contributed by atoms with van der Waals surface area (Å²) in [5, 5.41) is 17.0. The van der Waals surface area contributed by atoms with E-state index >= 15 is 0 Å². The van der Waals surface area contributed by atoms with Crippen molar-refractivity contribution in [1.29, 1.82) is 0 Å². The molecule has 1 heterocycles. The van der Waals surface area contributed by atoms with E-state index < -0.39 is 28.3 Å². The predicted molar refractivity (Wildman–Crippen MR) is 97.5 cm³/mol. The smallest absolute Gasteiger partial charge is 0.344 e. The molecule has 1 aliphatic carbocycles. The molecule has 4 amide bonds. The maximum Gasteiger partial charge on any atom is 0.344 e. The van der Waals surface area contributed by atoms with Gasteiger partial charge >= 0.3 is 6.03 Å². The standard InChI is InChI=1S/C17H21N5O6/c1-28-13-6-5-11(22(26)27)9-12(13)18-10-14(23)20-21-15(24)17(19-16(21)25)7-3-2-4-8-17/h5-6,9,18H,2-4,7-8,10H2,1H3,(H,19,25)(H,20,23). The monoisotopic (exact) mass is 391 g/mol. The normalized spacial score (nSPS) is 18.0. The molecule has 0 unspecified atom stereocenters. The number of anilines is 1. The molecule has 1 saturated carbocycles. The lowest BCUT2D eigenvalue weighted by Gasteiger charge is -2.30. The Kier molecular flexibility index (Phi) is 5.34. The first-order valence-electron chi connectivity index (χ1n) is 8.89. The highest BCUT2D eigenvalue weighted by atomic mass is 16.6. The maximum atomic E-state index is 12.6. The van der Waals surface area contributed by atoms with Gasteiger partial charge in [0, 0.05) is 12.1 Å². The van der Waals surface area contributed by atoms with E-state index in [2.05, 4.69) is 16.1 Å². The Bertz CT molecular complexity index is 820. The van der Waals surface area contributed by atoms with Crippen molar-refractivity contribution in [3.05, 3.63) is 28.3 Å². The van der Waals surface area contributed by atoms with Crippen molar-refractivity contribution >= 4 is 29.2 Å². The van der Waals surface area contributed by atoms with Crippen molar-refractivity contribution in [3.8, 4) is 5.75 Å². The molecule has 3 rings (SSSR count). The van der Waals surface area contributed by atoms with E-state index in [1.54, 1.807) is 0 Å². The van der Waals surface area contributed by atoms with Gasteiger partial charge in [-0.15, -0.1) is 0 Å². The van der Waals surface area contributed by atoms with Gasteiger partial charge in [0.05, 0.1) is 24.3 Å². The van der Waals surface area contributed by atoms with Gasteiger partial charge < -0.3 is 15.4 Å². The lowest BCUT2D eigenvalue weighted by atomic mass is 9.82. The Morgan fingerprint density at radius 3 is 2.68 bits per heavy atom. The van der Waals surface area contributed by atoms with Gasteiger partial charge in [0.1, 0.15) is 11.3 Å². The number of benzene rings is 1. The van der Waals surface area contributed by atoms with Crippen LogP contribution in [0.1, 0.15) is 32.1 Å². The first kappa shape index (κ1) is 19.4.